The fraction of sp³-hybridized carbons (Fsp3) is 0.250. The molecule has 27 heavy (non-hydrogen) atoms. The molecule has 0 aliphatic heterocycles. The van der Waals surface area contributed by atoms with Crippen LogP contribution in [0.2, 0.25) is 0 Å². The quantitative estimate of drug-likeness (QED) is 0.262. The molecule has 7 heteroatoms. The summed E-state index contributed by atoms with van der Waals surface area (Å²) in [6, 6.07) is 16.1. The van der Waals surface area contributed by atoms with Gasteiger partial charge < -0.3 is 10.1 Å². The first-order valence-corrected chi connectivity index (χ1v) is 9.39. The Morgan fingerprint density at radius 3 is 2.19 bits per heavy atom. The van der Waals surface area contributed by atoms with Crippen LogP contribution >= 0.6 is 28.7 Å². The smallest absolute Gasteiger partial charge is 0.316 e. The second-order valence-electron chi connectivity index (χ2n) is 6.04. The van der Waals surface area contributed by atoms with E-state index in [0.29, 0.717) is 5.17 Å². The number of esters is 1. The molecule has 1 heterocycles. The Morgan fingerprint density at radius 1 is 1.11 bits per heavy atom. The van der Waals surface area contributed by atoms with Gasteiger partial charge in [0, 0.05) is 16.8 Å². The van der Waals surface area contributed by atoms with E-state index in [9.17, 15) is 4.79 Å². The van der Waals surface area contributed by atoms with Gasteiger partial charge >= 0.3 is 5.97 Å². The molecule has 0 saturated heterocycles. The van der Waals surface area contributed by atoms with Crippen molar-refractivity contribution in [2.75, 3.05) is 18.2 Å². The lowest BCUT2D eigenvalue weighted by molar-refractivity contribution is -0.137. The summed E-state index contributed by atoms with van der Waals surface area (Å²) in [5, 5.41) is 6.16. The summed E-state index contributed by atoms with van der Waals surface area (Å²) in [7, 11) is 1.39. The summed E-state index contributed by atoms with van der Waals surface area (Å²) in [6.07, 6.45) is 0. The molecule has 0 unspecified atom stereocenters. The van der Waals surface area contributed by atoms with Crippen molar-refractivity contribution in [3.63, 3.8) is 0 Å². The number of aliphatic imine (C=N–C) groups is 1. The van der Waals surface area contributed by atoms with Gasteiger partial charge in [0.05, 0.1) is 29.6 Å². The number of nitrogens with zero attached hydrogens (tertiary/aromatic N) is 2. The van der Waals surface area contributed by atoms with E-state index in [1.54, 1.807) is 0 Å². The van der Waals surface area contributed by atoms with Crippen LogP contribution in [0.3, 0.4) is 0 Å². The van der Waals surface area contributed by atoms with Gasteiger partial charge in [-0.1, -0.05) is 48.2 Å². The number of halogens is 1. The van der Waals surface area contributed by atoms with Crippen LogP contribution in [-0.4, -0.2) is 35.0 Å². The third kappa shape index (κ3) is 5.20. The fourth-order valence-corrected chi connectivity index (χ4v) is 3.44. The van der Waals surface area contributed by atoms with Crippen LogP contribution in [-0.2, 0) is 9.53 Å². The Morgan fingerprint density at radius 2 is 1.67 bits per heavy atom. The number of aromatic nitrogens is 1. The predicted octanol–water partition coefficient (Wildman–Crippen LogP) is 5.05. The number of anilines is 1. The molecule has 0 fully saturated rings. The summed E-state index contributed by atoms with van der Waals surface area (Å²) in [5.74, 6) is -0.0755. The van der Waals surface area contributed by atoms with E-state index >= 15 is 0 Å². The monoisotopic (exact) mass is 447 g/mol. The number of benzene rings is 2. The maximum atomic E-state index is 11.5. The van der Waals surface area contributed by atoms with Gasteiger partial charge in [-0.2, -0.15) is 0 Å². The van der Waals surface area contributed by atoms with E-state index in [4.69, 9.17) is 9.72 Å². The first kappa shape index (κ1) is 21.2. The van der Waals surface area contributed by atoms with E-state index in [1.807, 2.05) is 62.4 Å². The fourth-order valence-electron chi connectivity index (χ4n) is 2.61. The van der Waals surface area contributed by atoms with Crippen molar-refractivity contribution in [1.29, 1.82) is 0 Å². The van der Waals surface area contributed by atoms with E-state index < -0.39 is 0 Å². The molecule has 0 radical (unpaired) electrons. The van der Waals surface area contributed by atoms with Gasteiger partial charge in [0.1, 0.15) is 0 Å². The summed E-state index contributed by atoms with van der Waals surface area (Å²) < 4.78 is 4.74. The van der Waals surface area contributed by atoms with Crippen LogP contribution in [0.4, 0.5) is 5.69 Å². The molecule has 0 saturated carbocycles. The van der Waals surface area contributed by atoms with Crippen molar-refractivity contribution in [3.05, 3.63) is 48.5 Å². The lowest BCUT2D eigenvalue weighted by Gasteiger charge is -2.15. The number of carbonyl (C=O) groups excluding carboxylic acids is 1. The molecular formula is C20H22BrN3O2S. The molecule has 1 N–H and O–H groups in total. The van der Waals surface area contributed by atoms with E-state index in [1.165, 1.54) is 18.9 Å². The number of pyridine rings is 1. The lowest BCUT2D eigenvalue weighted by atomic mass is 10.1. The van der Waals surface area contributed by atoms with Crippen molar-refractivity contribution in [2.45, 2.75) is 19.9 Å². The normalized spacial score (nSPS) is 11.5. The summed E-state index contributed by atoms with van der Waals surface area (Å²) in [6.45, 7) is 4.01. The first-order chi connectivity index (χ1) is 12.6. The molecule has 1 aromatic heterocycles. The average molecular weight is 448 g/mol. The topological polar surface area (TPSA) is 63.6 Å². The minimum Gasteiger partial charge on any atom is -0.468 e. The number of hydrogen-bond acceptors (Lipinski definition) is 5. The van der Waals surface area contributed by atoms with E-state index in [2.05, 4.69) is 10.3 Å². The van der Waals surface area contributed by atoms with Crippen molar-refractivity contribution in [3.8, 4) is 0 Å². The largest absolute Gasteiger partial charge is 0.468 e. The number of fused-ring (bicyclic) bond motifs is 2. The third-order valence-electron chi connectivity index (χ3n) is 3.75. The number of methoxy groups -OCH3 is 1. The average Bonchev–Trinajstić information content (AvgIpc) is 2.65. The SMILES string of the molecule is Br.COC(=O)CSC(=NC(C)C)Nc1c2ccccc2nc2ccccc12. The molecule has 2 aromatic carbocycles. The Hall–Kier alpha value is -2.12. The van der Waals surface area contributed by atoms with Crippen molar-refractivity contribution in [1.82, 2.24) is 4.98 Å². The third-order valence-corrected chi connectivity index (χ3v) is 4.61. The summed E-state index contributed by atoms with van der Waals surface area (Å²) in [4.78, 5) is 20.9. The Balaban J connectivity index is 0.00000261. The number of nitrogens with one attached hydrogen (secondary N) is 1. The molecule has 0 spiro atoms. The van der Waals surface area contributed by atoms with Crippen LogP contribution in [0, 0.1) is 0 Å². The molecular weight excluding hydrogens is 426 g/mol. The van der Waals surface area contributed by atoms with Gasteiger partial charge in [0.25, 0.3) is 0 Å². The number of amidine groups is 1. The summed E-state index contributed by atoms with van der Waals surface area (Å²) in [5.41, 5.74) is 2.77. The van der Waals surface area contributed by atoms with Crippen molar-refractivity contribution in [2.24, 2.45) is 4.99 Å². The van der Waals surface area contributed by atoms with Crippen LogP contribution in [0.15, 0.2) is 53.5 Å². The maximum Gasteiger partial charge on any atom is 0.316 e. The number of hydrogen-bond donors (Lipinski definition) is 1. The number of para-hydroxylation sites is 2. The maximum absolute atomic E-state index is 11.5. The van der Waals surface area contributed by atoms with Crippen LogP contribution in [0.5, 0.6) is 0 Å². The van der Waals surface area contributed by atoms with Gasteiger partial charge in [-0.15, -0.1) is 17.0 Å². The Labute approximate surface area is 173 Å². The summed E-state index contributed by atoms with van der Waals surface area (Å²) >= 11 is 1.34. The second kappa shape index (κ2) is 9.71. The van der Waals surface area contributed by atoms with Gasteiger partial charge in [0.15, 0.2) is 5.17 Å². The number of carbonyl (C=O) groups is 1. The standard InChI is InChI=1S/C20H21N3O2S.BrH/c1-13(2)21-20(26-12-18(24)25-3)23-19-14-8-4-6-10-16(14)22-17-11-7-5-9-15(17)19;/h4-11,13H,12H2,1-3H3,(H,21,22,23);1H. The molecule has 0 bridgehead atoms. The zero-order valence-electron chi connectivity index (χ0n) is 15.4. The van der Waals surface area contributed by atoms with Crippen LogP contribution in [0.25, 0.3) is 21.8 Å². The highest BCUT2D eigenvalue weighted by atomic mass is 79.9. The highest BCUT2D eigenvalue weighted by Crippen LogP contribution is 2.31. The molecule has 3 rings (SSSR count). The number of thioether (sulfide) groups is 1. The second-order valence-corrected chi connectivity index (χ2v) is 7.00. The zero-order valence-corrected chi connectivity index (χ0v) is 18.0. The molecule has 142 valence electrons. The minimum atomic E-state index is -0.280. The minimum absolute atomic E-state index is 0. The lowest BCUT2D eigenvalue weighted by Crippen LogP contribution is -2.15. The van der Waals surface area contributed by atoms with Crippen LogP contribution < -0.4 is 5.32 Å². The van der Waals surface area contributed by atoms with Gasteiger partial charge in [0.2, 0.25) is 0 Å². The Kier molecular flexibility index (Phi) is 7.62. The van der Waals surface area contributed by atoms with Gasteiger partial charge in [-0.25, -0.2) is 4.98 Å². The Bertz CT molecular complexity index is 922. The highest BCUT2D eigenvalue weighted by molar-refractivity contribution is 8.93. The molecule has 0 aliphatic carbocycles. The van der Waals surface area contributed by atoms with Crippen molar-refractivity contribution >= 4 is 67.4 Å². The first-order valence-electron chi connectivity index (χ1n) is 8.40. The van der Waals surface area contributed by atoms with Gasteiger partial charge in [-0.3, -0.25) is 9.79 Å². The van der Waals surface area contributed by atoms with E-state index in [0.717, 1.165) is 27.5 Å². The van der Waals surface area contributed by atoms with Gasteiger partial charge in [-0.05, 0) is 26.0 Å². The predicted molar refractivity (Wildman–Crippen MR) is 120 cm³/mol. The number of ether oxygens (including phenoxy) is 1. The zero-order chi connectivity index (χ0) is 18.5. The molecule has 0 atom stereocenters. The molecule has 5 nitrogen and oxygen atoms in total. The molecule has 0 aliphatic rings. The number of rotatable bonds is 4. The molecule has 0 amide bonds. The van der Waals surface area contributed by atoms with Crippen LogP contribution in [0.1, 0.15) is 13.8 Å². The van der Waals surface area contributed by atoms with Crippen molar-refractivity contribution < 1.29 is 9.53 Å². The van der Waals surface area contributed by atoms with E-state index in [-0.39, 0.29) is 34.7 Å². The highest BCUT2D eigenvalue weighted by Gasteiger charge is 2.13. The molecule has 3 aromatic rings.